The molecule has 8 heteroatoms. The number of hydrogen-bond donors (Lipinski definition) is 0. The summed E-state index contributed by atoms with van der Waals surface area (Å²) >= 11 is 0. The molecule has 0 fully saturated rings. The first kappa shape index (κ1) is 14.5. The van der Waals surface area contributed by atoms with Crippen LogP contribution in [0.1, 0.15) is 0 Å². The van der Waals surface area contributed by atoms with Gasteiger partial charge >= 0.3 is 72.1 Å². The molecule has 0 aliphatic rings. The third kappa shape index (κ3) is 1.21. The fraction of sp³-hybridized carbons (Fsp3) is 0. The Kier molecular flexibility index (Phi) is 3.25. The first-order valence-electron chi connectivity index (χ1n) is 2.66. The maximum absolute atomic E-state index is 8.58. The van der Waals surface area contributed by atoms with Crippen molar-refractivity contribution in [3.63, 3.8) is 0 Å². The van der Waals surface area contributed by atoms with Crippen LogP contribution in [0.3, 0.4) is 0 Å². The number of nitrogens with zero attached hydrogens (tertiary/aromatic N) is 7. The van der Waals surface area contributed by atoms with E-state index in [1.807, 2.05) is 0 Å². The average Bonchev–Trinajstić information content (AvgIpc) is 2.39. The van der Waals surface area contributed by atoms with E-state index in [0.29, 0.717) is 0 Å². The summed E-state index contributed by atoms with van der Waals surface area (Å²) in [5.74, 6) is 0. The Hall–Kier alpha value is -3.05. The molecule has 0 aromatic carbocycles. The molecular weight excluding hydrogens is 238 g/mol. The van der Waals surface area contributed by atoms with E-state index in [0.717, 1.165) is 29.8 Å². The molecular formula is C7HFeN7. The summed E-state index contributed by atoms with van der Waals surface area (Å²) in [6, 6.07) is 0. The van der Waals surface area contributed by atoms with E-state index in [1.165, 1.54) is 0 Å². The summed E-state index contributed by atoms with van der Waals surface area (Å²) in [6.45, 7) is 3.50. The summed E-state index contributed by atoms with van der Waals surface area (Å²) in [6.07, 6.45) is 0. The predicted octanol–water partition coefficient (Wildman–Crippen LogP) is 0.238. The van der Waals surface area contributed by atoms with E-state index >= 15 is 0 Å². The molecule has 7 nitrogen and oxygen atoms in total. The van der Waals surface area contributed by atoms with Gasteiger partial charge in [-0.3, -0.25) is 0 Å². The number of nitriles is 7. The third-order valence-electron chi connectivity index (χ3n) is 1.19. The molecule has 0 aliphatic heterocycles. The van der Waals surface area contributed by atoms with Crippen LogP contribution >= 0.6 is 0 Å². The summed E-state index contributed by atoms with van der Waals surface area (Å²) in [5, 5.41) is 58.0. The average molecular weight is 239 g/mol. The van der Waals surface area contributed by atoms with Crippen molar-refractivity contribution < 1.29 is 10.7 Å². The van der Waals surface area contributed by atoms with Crippen molar-refractivity contribution in [2.45, 2.75) is 0 Å². The molecule has 0 aliphatic carbocycles. The monoisotopic (exact) mass is 239 g/mol. The minimum atomic E-state index is -6.17. The summed E-state index contributed by atoms with van der Waals surface area (Å²) in [5.41, 5.74) is 0. The standard InChI is InChI=1S/CHN.6CN.Fe/c7*1-2;/h1H;;;;;;;. The fourth-order valence-corrected chi connectivity index (χ4v) is 1.09. The molecule has 0 radical (unpaired) electrons. The normalized spacial score (nSPS) is 11.7. The van der Waals surface area contributed by atoms with Crippen LogP contribution in [-0.2, 0) is 10.7 Å². The molecule has 0 unspecified atom stereocenters. The molecule has 0 saturated carbocycles. The van der Waals surface area contributed by atoms with Gasteiger partial charge in [-0.15, -0.1) is 0 Å². The van der Waals surface area contributed by atoms with Gasteiger partial charge in [-0.2, -0.15) is 0 Å². The quantitative estimate of drug-likeness (QED) is 0.545. The Morgan fingerprint density at radius 3 is 0.667 bits per heavy atom. The zero-order valence-corrected chi connectivity index (χ0v) is 8.17. The van der Waals surface area contributed by atoms with Crippen LogP contribution in [-0.4, -0.2) is 0 Å². The zero-order chi connectivity index (χ0) is 12.7. The van der Waals surface area contributed by atoms with Gasteiger partial charge in [-0.1, -0.05) is 0 Å². The Bertz CT molecular complexity index is 427. The topological polar surface area (TPSA) is 167 Å². The Balaban J connectivity index is 0. The van der Waals surface area contributed by atoms with E-state index < -0.39 is 10.7 Å². The summed E-state index contributed by atoms with van der Waals surface area (Å²) in [4.78, 5) is 6.19. The summed E-state index contributed by atoms with van der Waals surface area (Å²) < 4.78 is 0. The van der Waals surface area contributed by atoms with Gasteiger partial charge in [-0.05, 0) is 0 Å². The second-order valence-corrected chi connectivity index (χ2v) is 7.42. The van der Waals surface area contributed by atoms with Crippen LogP contribution in [0.5, 0.6) is 0 Å². The van der Waals surface area contributed by atoms with Crippen LogP contribution in [0.2, 0.25) is 0 Å². The van der Waals surface area contributed by atoms with Gasteiger partial charge in [0.1, 0.15) is 0 Å². The first-order chi connectivity index (χ1) is 6.97. The molecule has 0 spiro atoms. The number of rotatable bonds is 0. The van der Waals surface area contributed by atoms with Crippen LogP contribution in [0.25, 0.3) is 0 Å². The maximum atomic E-state index is 8.58. The molecule has 0 rings (SSSR count). The SMILES string of the molecule is C#N.N#[C][Fe]([C]#N)([C]#N)([C]#N)([C]#N)[C]#N. The van der Waals surface area contributed by atoms with Crippen LogP contribution < -0.4 is 0 Å². The van der Waals surface area contributed by atoms with Crippen molar-refractivity contribution in [3.05, 3.63) is 0 Å². The van der Waals surface area contributed by atoms with Gasteiger partial charge in [0, 0.05) is 6.57 Å². The second kappa shape index (κ2) is 3.36. The Labute approximate surface area is 84.3 Å². The fourth-order valence-electron chi connectivity index (χ4n) is 0.265. The van der Waals surface area contributed by atoms with E-state index in [4.69, 9.17) is 36.8 Å². The molecule has 0 bridgehead atoms. The van der Waals surface area contributed by atoms with Gasteiger partial charge in [-0.25, -0.2) is 5.26 Å². The van der Waals surface area contributed by atoms with Crippen molar-refractivity contribution >= 4 is 0 Å². The van der Waals surface area contributed by atoms with Gasteiger partial charge in [0.15, 0.2) is 0 Å². The molecule has 0 aromatic heterocycles. The van der Waals surface area contributed by atoms with Crippen molar-refractivity contribution in [2.24, 2.45) is 0 Å². The molecule has 72 valence electrons. The van der Waals surface area contributed by atoms with E-state index in [2.05, 4.69) is 6.57 Å². The van der Waals surface area contributed by atoms with E-state index in [-0.39, 0.29) is 0 Å². The van der Waals surface area contributed by atoms with Gasteiger partial charge in [0.2, 0.25) is 0 Å². The Morgan fingerprint density at radius 2 is 0.667 bits per heavy atom. The predicted molar refractivity (Wildman–Crippen MR) is 40.3 cm³/mol. The zero-order valence-electron chi connectivity index (χ0n) is 7.06. The molecule has 0 heterocycles. The molecule has 15 heavy (non-hydrogen) atoms. The molecule has 0 N–H and O–H groups in total. The van der Waals surface area contributed by atoms with E-state index in [1.54, 1.807) is 0 Å². The molecule has 0 atom stereocenters. The van der Waals surface area contributed by atoms with Crippen molar-refractivity contribution in [2.75, 3.05) is 0 Å². The van der Waals surface area contributed by atoms with Gasteiger partial charge < -0.3 is 0 Å². The minimum absolute atomic E-state index is 1.03. The van der Waals surface area contributed by atoms with Crippen molar-refractivity contribution in [1.29, 1.82) is 36.8 Å². The van der Waals surface area contributed by atoms with Crippen LogP contribution in [0.4, 0.5) is 0 Å². The van der Waals surface area contributed by atoms with E-state index in [9.17, 15) is 0 Å². The molecule has 0 saturated heterocycles. The van der Waals surface area contributed by atoms with Crippen LogP contribution in [0, 0.1) is 73.2 Å². The van der Waals surface area contributed by atoms with Crippen LogP contribution in [0.15, 0.2) is 0 Å². The van der Waals surface area contributed by atoms with Gasteiger partial charge in [0.05, 0.1) is 0 Å². The van der Waals surface area contributed by atoms with Crippen molar-refractivity contribution in [1.82, 2.24) is 0 Å². The third-order valence-corrected chi connectivity index (χ3v) is 4.89. The number of hydrogen-bond acceptors (Lipinski definition) is 7. The van der Waals surface area contributed by atoms with Crippen molar-refractivity contribution in [3.8, 4) is 36.4 Å². The molecule has 0 aromatic rings. The first-order valence-corrected chi connectivity index (χ1v) is 5.97. The Morgan fingerprint density at radius 1 is 0.533 bits per heavy atom. The van der Waals surface area contributed by atoms with Gasteiger partial charge in [0.25, 0.3) is 0 Å². The summed E-state index contributed by atoms with van der Waals surface area (Å²) in [7, 11) is -6.17. The second-order valence-electron chi connectivity index (χ2n) is 1.80. The molecule has 0 amide bonds.